The molecule has 7 aromatic carbocycles. The van der Waals surface area contributed by atoms with Crippen molar-refractivity contribution in [1.29, 1.82) is 0 Å². The maximum Gasteiger partial charge on any atom is 0.134 e. The normalized spacial score (nSPS) is 14.8. The second kappa shape index (κ2) is 9.20. The lowest BCUT2D eigenvalue weighted by molar-refractivity contribution is 0.504. The number of nitrogens with zero attached hydrogens (tertiary/aromatic N) is 1. The number of benzene rings is 7. The molecule has 45 heavy (non-hydrogen) atoms. The molecule has 0 N–H and O–H groups in total. The average molecular weight is 576 g/mol. The maximum absolute atomic E-state index is 6.30. The predicted octanol–water partition coefficient (Wildman–Crippen LogP) is 12.2. The topological polar surface area (TPSA) is 18.1 Å². The molecule has 0 radical (unpaired) electrons. The van der Waals surface area contributed by atoms with Crippen LogP contribution in [0.4, 0.5) is 0 Å². The van der Waals surface area contributed by atoms with Crippen LogP contribution in [-0.2, 0) is 0 Å². The van der Waals surface area contributed by atoms with E-state index < -0.39 is 0 Å². The Hall–Kier alpha value is -5.60. The van der Waals surface area contributed by atoms with Crippen LogP contribution in [0, 0.1) is 0 Å². The van der Waals surface area contributed by atoms with Gasteiger partial charge in [-0.1, -0.05) is 104 Å². The number of furan rings is 1. The molecule has 1 aliphatic carbocycles. The molecule has 1 aliphatic rings. The molecule has 1 unspecified atom stereocenters. The van der Waals surface area contributed by atoms with Gasteiger partial charge in [0.2, 0.25) is 0 Å². The van der Waals surface area contributed by atoms with E-state index in [0.29, 0.717) is 5.92 Å². The highest BCUT2D eigenvalue weighted by Crippen LogP contribution is 2.41. The van der Waals surface area contributed by atoms with Crippen LogP contribution in [0.25, 0.3) is 88.0 Å². The summed E-state index contributed by atoms with van der Waals surface area (Å²) >= 11 is 0. The third-order valence-electron chi connectivity index (χ3n) is 9.97. The zero-order valence-corrected chi connectivity index (χ0v) is 24.9. The lowest BCUT2D eigenvalue weighted by Crippen LogP contribution is -1.95. The molecular weight excluding hydrogens is 546 g/mol. The fraction of sp³-hybridized carbons (Fsp3) is 0.0698. The highest BCUT2D eigenvalue weighted by atomic mass is 16.3. The van der Waals surface area contributed by atoms with E-state index in [1.807, 2.05) is 0 Å². The number of rotatable bonds is 2. The van der Waals surface area contributed by atoms with Crippen molar-refractivity contribution in [2.24, 2.45) is 0 Å². The summed E-state index contributed by atoms with van der Waals surface area (Å²) in [4.78, 5) is 0. The zero-order chi connectivity index (χ0) is 29.6. The van der Waals surface area contributed by atoms with E-state index in [4.69, 9.17) is 4.42 Å². The first kappa shape index (κ1) is 24.8. The van der Waals surface area contributed by atoms with E-state index in [1.54, 1.807) is 0 Å². The molecular formula is C43H29NO. The number of para-hydroxylation sites is 1. The van der Waals surface area contributed by atoms with Crippen molar-refractivity contribution in [3.63, 3.8) is 0 Å². The van der Waals surface area contributed by atoms with Gasteiger partial charge in [-0.2, -0.15) is 0 Å². The molecule has 0 amide bonds. The highest BCUT2D eigenvalue weighted by molar-refractivity contribution is 6.25. The summed E-state index contributed by atoms with van der Waals surface area (Å²) in [5.74, 6) is 1.52. The Balaban J connectivity index is 1.20. The minimum atomic E-state index is 0.412. The lowest BCUT2D eigenvalue weighted by Gasteiger charge is -2.14. The summed E-state index contributed by atoms with van der Waals surface area (Å²) in [6.07, 6.45) is 5.54. The first-order chi connectivity index (χ1) is 22.2. The molecule has 2 nitrogen and oxygen atoms in total. The van der Waals surface area contributed by atoms with E-state index in [-0.39, 0.29) is 0 Å². The minimum Gasteiger partial charge on any atom is -0.460 e. The van der Waals surface area contributed by atoms with Crippen molar-refractivity contribution in [1.82, 2.24) is 4.57 Å². The SMILES string of the molecule is CC1CC=Cc2c1oc1ccc(-c3ccc4c(c3)c3ccccc3n4-c3ccc4c5ccccc5c5ccccc5c4c3)cc21. The van der Waals surface area contributed by atoms with Crippen molar-refractivity contribution in [3.05, 3.63) is 145 Å². The summed E-state index contributed by atoms with van der Waals surface area (Å²) in [7, 11) is 0. The molecule has 0 fully saturated rings. The second-order valence-corrected chi connectivity index (χ2v) is 12.5. The number of allylic oxidation sites excluding steroid dienone is 1. The fourth-order valence-corrected chi connectivity index (χ4v) is 7.82. The Labute approximate surface area is 260 Å². The van der Waals surface area contributed by atoms with Gasteiger partial charge in [-0.05, 0) is 92.3 Å². The Morgan fingerprint density at radius 3 is 1.89 bits per heavy atom. The van der Waals surface area contributed by atoms with Crippen LogP contribution in [0.15, 0.2) is 138 Å². The van der Waals surface area contributed by atoms with Crippen molar-refractivity contribution in [2.45, 2.75) is 19.3 Å². The Morgan fingerprint density at radius 1 is 0.533 bits per heavy atom. The van der Waals surface area contributed by atoms with Gasteiger partial charge in [-0.25, -0.2) is 0 Å². The van der Waals surface area contributed by atoms with Gasteiger partial charge < -0.3 is 8.98 Å². The van der Waals surface area contributed by atoms with E-state index >= 15 is 0 Å². The first-order valence-corrected chi connectivity index (χ1v) is 15.8. The summed E-state index contributed by atoms with van der Waals surface area (Å²) in [6, 6.07) is 46.9. The first-order valence-electron chi connectivity index (χ1n) is 15.8. The molecule has 0 bridgehead atoms. The Kier molecular flexibility index (Phi) is 5.07. The summed E-state index contributed by atoms with van der Waals surface area (Å²) in [5, 5.41) is 11.5. The molecule has 0 saturated carbocycles. The number of hydrogen-bond donors (Lipinski definition) is 0. The number of fused-ring (bicyclic) bond motifs is 12. The van der Waals surface area contributed by atoms with Crippen molar-refractivity contribution >= 4 is 71.2 Å². The van der Waals surface area contributed by atoms with Gasteiger partial charge in [-0.3, -0.25) is 0 Å². The lowest BCUT2D eigenvalue weighted by atomic mass is 9.93. The molecule has 10 rings (SSSR count). The third-order valence-corrected chi connectivity index (χ3v) is 9.97. The Bertz CT molecular complexity index is 2660. The molecule has 0 saturated heterocycles. The highest BCUT2D eigenvalue weighted by Gasteiger charge is 2.21. The van der Waals surface area contributed by atoms with Crippen molar-refractivity contribution in [2.75, 3.05) is 0 Å². The van der Waals surface area contributed by atoms with Crippen molar-refractivity contribution in [3.8, 4) is 16.8 Å². The van der Waals surface area contributed by atoms with Gasteiger partial charge in [0.25, 0.3) is 0 Å². The van der Waals surface area contributed by atoms with Crippen molar-refractivity contribution < 1.29 is 4.42 Å². The van der Waals surface area contributed by atoms with Crippen LogP contribution < -0.4 is 0 Å². The largest absolute Gasteiger partial charge is 0.460 e. The number of aromatic nitrogens is 1. The zero-order valence-electron chi connectivity index (χ0n) is 24.9. The summed E-state index contributed by atoms with van der Waals surface area (Å²) < 4.78 is 8.73. The molecule has 212 valence electrons. The van der Waals surface area contributed by atoms with E-state index in [1.165, 1.54) is 81.9 Å². The second-order valence-electron chi connectivity index (χ2n) is 12.5. The van der Waals surface area contributed by atoms with Gasteiger partial charge in [0.1, 0.15) is 11.3 Å². The van der Waals surface area contributed by atoms with Crippen LogP contribution >= 0.6 is 0 Å². The van der Waals surface area contributed by atoms with E-state index in [2.05, 4.69) is 151 Å². The fourth-order valence-electron chi connectivity index (χ4n) is 7.82. The van der Waals surface area contributed by atoms with Crippen LogP contribution in [0.2, 0.25) is 0 Å². The molecule has 9 aromatic rings. The molecule has 1 atom stereocenters. The standard InChI is InChI=1S/C43H29NO/c1-26-9-8-15-36-39-24-28(18-22-42(39)45-43(26)36)27-17-21-41-38(23-27)35-14-6-7-16-40(35)44(41)29-19-20-34-32-12-3-2-10-30(32)31-11-4-5-13-33(31)37(34)25-29/h2-8,10-26H,9H2,1H3. The monoisotopic (exact) mass is 575 g/mol. The predicted molar refractivity (Wildman–Crippen MR) is 191 cm³/mol. The van der Waals surface area contributed by atoms with Gasteiger partial charge in [0.05, 0.1) is 11.0 Å². The average Bonchev–Trinajstić information content (AvgIpc) is 3.64. The maximum atomic E-state index is 6.30. The Morgan fingerprint density at radius 2 is 1.13 bits per heavy atom. The molecule has 2 aromatic heterocycles. The molecule has 2 heterocycles. The van der Waals surface area contributed by atoms with Crippen LogP contribution in [-0.4, -0.2) is 4.57 Å². The van der Waals surface area contributed by atoms with Crippen LogP contribution in [0.5, 0.6) is 0 Å². The smallest absolute Gasteiger partial charge is 0.134 e. The van der Waals surface area contributed by atoms with Crippen LogP contribution in [0.3, 0.4) is 0 Å². The summed E-state index contributed by atoms with van der Waals surface area (Å²) in [6.45, 7) is 2.25. The third kappa shape index (κ3) is 3.51. The molecule has 0 aliphatic heterocycles. The van der Waals surface area contributed by atoms with Crippen LogP contribution in [0.1, 0.15) is 30.6 Å². The minimum absolute atomic E-state index is 0.412. The van der Waals surface area contributed by atoms with Gasteiger partial charge in [0.15, 0.2) is 0 Å². The van der Waals surface area contributed by atoms with Gasteiger partial charge >= 0.3 is 0 Å². The molecule has 2 heteroatoms. The van der Waals surface area contributed by atoms with E-state index in [9.17, 15) is 0 Å². The van der Waals surface area contributed by atoms with Gasteiger partial charge in [0, 0.05) is 33.3 Å². The van der Waals surface area contributed by atoms with Gasteiger partial charge in [-0.15, -0.1) is 0 Å². The number of hydrogen-bond acceptors (Lipinski definition) is 1. The molecule has 0 spiro atoms. The summed E-state index contributed by atoms with van der Waals surface area (Å²) in [5.41, 5.74) is 8.23. The van der Waals surface area contributed by atoms with E-state index in [0.717, 1.165) is 17.8 Å². The quantitative estimate of drug-likeness (QED) is 0.188.